The van der Waals surface area contributed by atoms with Crippen molar-refractivity contribution in [2.24, 2.45) is 5.41 Å². The lowest BCUT2D eigenvalue weighted by Gasteiger charge is -2.40. The molecule has 0 saturated carbocycles. The number of carbonyl (C=O) groups is 1. The van der Waals surface area contributed by atoms with Crippen molar-refractivity contribution >= 4 is 17.2 Å². The van der Waals surface area contributed by atoms with Crippen LogP contribution in [0.25, 0.3) is 0 Å². The molecule has 1 amide bonds. The molecule has 6 heteroatoms. The van der Waals surface area contributed by atoms with E-state index in [1.165, 1.54) is 17.8 Å². The van der Waals surface area contributed by atoms with Crippen LogP contribution < -0.4 is 0 Å². The van der Waals surface area contributed by atoms with Gasteiger partial charge in [0.2, 0.25) is 0 Å². The van der Waals surface area contributed by atoms with E-state index in [0.29, 0.717) is 5.41 Å². The van der Waals surface area contributed by atoms with Gasteiger partial charge in [0.15, 0.2) is 0 Å². The summed E-state index contributed by atoms with van der Waals surface area (Å²) < 4.78 is 5.59. The minimum absolute atomic E-state index is 0.167. The molecule has 0 unspecified atom stereocenters. The predicted octanol–water partition coefficient (Wildman–Crippen LogP) is 2.14. The van der Waals surface area contributed by atoms with E-state index in [1.807, 2.05) is 11.6 Å². The number of aromatic nitrogens is 1. The first-order valence-electron chi connectivity index (χ1n) is 8.75. The molecule has 126 valence electrons. The molecule has 0 bridgehead atoms. The normalized spacial score (nSPS) is 32.0. The third-order valence-electron chi connectivity index (χ3n) is 5.54. The molecule has 2 atom stereocenters. The Bertz CT molecular complexity index is 544. The average molecular weight is 335 g/mol. The fourth-order valence-corrected chi connectivity index (χ4v) is 5.06. The van der Waals surface area contributed by atoms with Crippen LogP contribution in [0.3, 0.4) is 0 Å². The molecule has 4 heterocycles. The summed E-state index contributed by atoms with van der Waals surface area (Å²) >= 11 is 1.74. The molecule has 1 spiro atoms. The highest BCUT2D eigenvalue weighted by Gasteiger charge is 2.44. The largest absolute Gasteiger partial charge is 0.368 e. The lowest BCUT2D eigenvalue weighted by molar-refractivity contribution is -0.140. The maximum Gasteiger partial charge on any atom is 0.251 e. The summed E-state index contributed by atoms with van der Waals surface area (Å²) in [6, 6.07) is 0. The predicted molar refractivity (Wildman–Crippen MR) is 89.2 cm³/mol. The zero-order valence-electron chi connectivity index (χ0n) is 13.6. The van der Waals surface area contributed by atoms with Crippen molar-refractivity contribution < 1.29 is 9.53 Å². The summed E-state index contributed by atoms with van der Waals surface area (Å²) in [5, 5.41) is 3.25. The minimum Gasteiger partial charge on any atom is -0.368 e. The Balaban J connectivity index is 1.37. The SMILES string of the molecule is O=C([C@@H]1CCCO1)N1CC[C@@]2(CCCN(Cc3nccs3)C2)C1. The van der Waals surface area contributed by atoms with Crippen molar-refractivity contribution in [3.8, 4) is 0 Å². The lowest BCUT2D eigenvalue weighted by atomic mass is 9.79. The highest BCUT2D eigenvalue weighted by atomic mass is 32.1. The van der Waals surface area contributed by atoms with Crippen LogP contribution in [0.5, 0.6) is 0 Å². The van der Waals surface area contributed by atoms with E-state index in [2.05, 4.69) is 14.8 Å². The maximum absolute atomic E-state index is 12.6. The second kappa shape index (κ2) is 6.49. The number of hydrogen-bond donors (Lipinski definition) is 0. The van der Waals surface area contributed by atoms with Crippen LogP contribution in [-0.4, -0.2) is 59.6 Å². The van der Waals surface area contributed by atoms with E-state index < -0.39 is 0 Å². The smallest absolute Gasteiger partial charge is 0.251 e. The molecular weight excluding hydrogens is 310 g/mol. The third kappa shape index (κ3) is 3.30. The van der Waals surface area contributed by atoms with Crippen molar-refractivity contribution in [1.29, 1.82) is 0 Å². The van der Waals surface area contributed by atoms with Crippen molar-refractivity contribution in [2.45, 2.75) is 44.8 Å². The van der Waals surface area contributed by atoms with Crippen molar-refractivity contribution in [3.63, 3.8) is 0 Å². The van der Waals surface area contributed by atoms with Gasteiger partial charge in [-0.05, 0) is 38.6 Å². The van der Waals surface area contributed by atoms with E-state index in [-0.39, 0.29) is 12.0 Å². The van der Waals surface area contributed by atoms with Gasteiger partial charge in [-0.2, -0.15) is 0 Å². The Kier molecular flexibility index (Phi) is 4.39. The minimum atomic E-state index is -0.167. The number of carbonyl (C=O) groups excluding carboxylic acids is 1. The van der Waals surface area contributed by atoms with Gasteiger partial charge in [0, 0.05) is 43.2 Å². The zero-order valence-corrected chi connectivity index (χ0v) is 14.4. The molecule has 3 aliphatic rings. The van der Waals surface area contributed by atoms with Crippen LogP contribution in [-0.2, 0) is 16.1 Å². The van der Waals surface area contributed by atoms with Gasteiger partial charge in [-0.25, -0.2) is 4.98 Å². The van der Waals surface area contributed by atoms with Gasteiger partial charge in [-0.15, -0.1) is 11.3 Å². The van der Waals surface area contributed by atoms with Gasteiger partial charge in [0.1, 0.15) is 11.1 Å². The van der Waals surface area contributed by atoms with E-state index in [4.69, 9.17) is 4.74 Å². The van der Waals surface area contributed by atoms with Gasteiger partial charge in [0.25, 0.3) is 5.91 Å². The van der Waals surface area contributed by atoms with E-state index in [0.717, 1.165) is 58.6 Å². The number of thiazole rings is 1. The summed E-state index contributed by atoms with van der Waals surface area (Å²) in [5.74, 6) is 0.233. The number of likely N-dealkylation sites (tertiary alicyclic amines) is 2. The van der Waals surface area contributed by atoms with Gasteiger partial charge < -0.3 is 9.64 Å². The third-order valence-corrected chi connectivity index (χ3v) is 6.30. The summed E-state index contributed by atoms with van der Waals surface area (Å²) in [6.45, 7) is 5.78. The van der Waals surface area contributed by atoms with Crippen LogP contribution in [0.1, 0.15) is 37.1 Å². The molecule has 5 nitrogen and oxygen atoms in total. The van der Waals surface area contributed by atoms with E-state index in [1.54, 1.807) is 11.3 Å². The fourth-order valence-electron chi connectivity index (χ4n) is 4.40. The Morgan fingerprint density at radius 1 is 1.35 bits per heavy atom. The van der Waals surface area contributed by atoms with Crippen molar-refractivity contribution in [3.05, 3.63) is 16.6 Å². The molecule has 3 aliphatic heterocycles. The summed E-state index contributed by atoms with van der Waals surface area (Å²) in [6.07, 6.45) is 7.26. The quantitative estimate of drug-likeness (QED) is 0.849. The van der Waals surface area contributed by atoms with Crippen LogP contribution in [0, 0.1) is 5.41 Å². The summed E-state index contributed by atoms with van der Waals surface area (Å²) in [5.41, 5.74) is 0.295. The molecule has 0 radical (unpaired) electrons. The van der Waals surface area contributed by atoms with Crippen molar-refractivity contribution in [1.82, 2.24) is 14.8 Å². The monoisotopic (exact) mass is 335 g/mol. The summed E-state index contributed by atoms with van der Waals surface area (Å²) in [7, 11) is 0. The Hall–Kier alpha value is -0.980. The van der Waals surface area contributed by atoms with Gasteiger partial charge in [-0.3, -0.25) is 9.69 Å². The maximum atomic E-state index is 12.6. The van der Waals surface area contributed by atoms with Gasteiger partial charge in [0.05, 0.1) is 6.54 Å². The number of nitrogens with zero attached hydrogens (tertiary/aromatic N) is 3. The molecule has 1 aromatic heterocycles. The highest BCUT2D eigenvalue weighted by molar-refractivity contribution is 7.09. The van der Waals surface area contributed by atoms with Gasteiger partial charge >= 0.3 is 0 Å². The van der Waals surface area contributed by atoms with Crippen LogP contribution in [0.15, 0.2) is 11.6 Å². The number of hydrogen-bond acceptors (Lipinski definition) is 5. The molecule has 23 heavy (non-hydrogen) atoms. The Morgan fingerprint density at radius 3 is 3.09 bits per heavy atom. The Labute approximate surface area is 141 Å². The first-order valence-corrected chi connectivity index (χ1v) is 9.63. The molecule has 1 aromatic rings. The molecule has 4 rings (SSSR count). The number of rotatable bonds is 3. The zero-order chi connectivity index (χ0) is 15.7. The topological polar surface area (TPSA) is 45.7 Å². The average Bonchev–Trinajstić information content (AvgIpc) is 3.28. The van der Waals surface area contributed by atoms with Crippen molar-refractivity contribution in [2.75, 3.05) is 32.8 Å². The number of amides is 1. The molecule has 0 aromatic carbocycles. The Morgan fingerprint density at radius 2 is 2.30 bits per heavy atom. The molecule has 0 aliphatic carbocycles. The molecule has 0 N–H and O–H groups in total. The molecule has 3 fully saturated rings. The molecular formula is C17H25N3O2S. The summed E-state index contributed by atoms with van der Waals surface area (Å²) in [4.78, 5) is 21.6. The van der Waals surface area contributed by atoms with Crippen LogP contribution >= 0.6 is 11.3 Å². The first kappa shape index (κ1) is 15.5. The van der Waals surface area contributed by atoms with E-state index in [9.17, 15) is 4.79 Å². The first-order chi connectivity index (χ1) is 11.2. The number of ether oxygens (including phenoxy) is 1. The lowest BCUT2D eigenvalue weighted by Crippen LogP contribution is -2.46. The fraction of sp³-hybridized carbons (Fsp3) is 0.765. The molecule has 3 saturated heterocycles. The van der Waals surface area contributed by atoms with Gasteiger partial charge in [-0.1, -0.05) is 0 Å². The number of piperidine rings is 1. The van der Waals surface area contributed by atoms with Crippen LogP contribution in [0.4, 0.5) is 0 Å². The van der Waals surface area contributed by atoms with E-state index >= 15 is 0 Å². The van der Waals surface area contributed by atoms with Crippen LogP contribution in [0.2, 0.25) is 0 Å². The second-order valence-corrected chi connectivity index (χ2v) is 8.23. The second-order valence-electron chi connectivity index (χ2n) is 7.25. The standard InChI is InChI=1S/C17H25N3O2S/c21-16(14-3-1-9-22-14)20-8-5-17(13-20)4-2-7-19(12-17)11-15-18-6-10-23-15/h6,10,14H,1-5,7-9,11-13H2/t14-,17+/m0/s1. The highest BCUT2D eigenvalue weighted by Crippen LogP contribution is 2.40.